The van der Waals surface area contributed by atoms with Gasteiger partial charge in [-0.15, -0.1) is 0 Å². The van der Waals surface area contributed by atoms with Crippen LogP contribution in [0, 0.1) is 0 Å². The third kappa shape index (κ3) is 3.68. The SMILES string of the molecule is CC(OCC(N)(C(N)=O)c1ccccc1)C(F)(F)F. The molecule has 0 radical (unpaired) electrons. The second-order valence-corrected chi connectivity index (χ2v) is 4.20. The van der Waals surface area contributed by atoms with Crippen molar-refractivity contribution in [2.75, 3.05) is 6.61 Å². The Balaban J connectivity index is 2.88. The summed E-state index contributed by atoms with van der Waals surface area (Å²) in [6.07, 6.45) is -6.55. The number of carbonyl (C=O) groups is 1. The minimum absolute atomic E-state index is 0.303. The number of primary amides is 1. The number of carbonyl (C=O) groups excluding carboxylic acids is 1. The number of benzene rings is 1. The topological polar surface area (TPSA) is 78.3 Å². The van der Waals surface area contributed by atoms with E-state index in [0.717, 1.165) is 6.92 Å². The van der Waals surface area contributed by atoms with E-state index < -0.39 is 30.3 Å². The molecule has 19 heavy (non-hydrogen) atoms. The van der Waals surface area contributed by atoms with Gasteiger partial charge in [-0.2, -0.15) is 13.2 Å². The van der Waals surface area contributed by atoms with Crippen LogP contribution in [0.1, 0.15) is 12.5 Å². The molecular weight excluding hydrogens is 261 g/mol. The van der Waals surface area contributed by atoms with Gasteiger partial charge in [0.1, 0.15) is 5.54 Å². The molecule has 1 amide bonds. The Bertz CT molecular complexity index is 436. The summed E-state index contributed by atoms with van der Waals surface area (Å²) in [5.41, 5.74) is 9.47. The Hall–Kier alpha value is -1.60. The molecule has 1 aromatic rings. The van der Waals surface area contributed by atoms with E-state index in [2.05, 4.69) is 4.74 Å². The molecule has 0 spiro atoms. The summed E-state index contributed by atoms with van der Waals surface area (Å²) in [5, 5.41) is 0. The Morgan fingerprint density at radius 2 is 1.84 bits per heavy atom. The van der Waals surface area contributed by atoms with Crippen LogP contribution in [0.15, 0.2) is 30.3 Å². The van der Waals surface area contributed by atoms with Crippen molar-refractivity contribution in [2.24, 2.45) is 11.5 Å². The average Bonchev–Trinajstić information content (AvgIpc) is 2.35. The second-order valence-electron chi connectivity index (χ2n) is 4.20. The first-order chi connectivity index (χ1) is 8.68. The van der Waals surface area contributed by atoms with Crippen molar-refractivity contribution in [1.29, 1.82) is 0 Å². The lowest BCUT2D eigenvalue weighted by Crippen LogP contribution is -2.53. The average molecular weight is 276 g/mol. The number of halogens is 3. The highest BCUT2D eigenvalue weighted by Crippen LogP contribution is 2.25. The molecular formula is C12H15F3N2O2. The molecule has 4 nitrogen and oxygen atoms in total. The Labute approximate surface area is 108 Å². The minimum atomic E-state index is -4.52. The molecule has 0 heterocycles. The lowest BCUT2D eigenvalue weighted by Gasteiger charge is -2.28. The zero-order valence-electron chi connectivity index (χ0n) is 10.3. The third-order valence-electron chi connectivity index (χ3n) is 2.75. The summed E-state index contributed by atoms with van der Waals surface area (Å²) in [5.74, 6) is -0.951. The van der Waals surface area contributed by atoms with Gasteiger partial charge in [-0.25, -0.2) is 0 Å². The molecule has 2 atom stereocenters. The largest absolute Gasteiger partial charge is 0.414 e. The first-order valence-corrected chi connectivity index (χ1v) is 5.50. The summed E-state index contributed by atoms with van der Waals surface area (Å²) in [6.45, 7) is 0.194. The van der Waals surface area contributed by atoms with Gasteiger partial charge in [0, 0.05) is 0 Å². The van der Waals surface area contributed by atoms with Gasteiger partial charge in [-0.1, -0.05) is 30.3 Å². The molecule has 0 fully saturated rings. The zero-order valence-corrected chi connectivity index (χ0v) is 10.3. The Kier molecular flexibility index (Phi) is 4.54. The van der Waals surface area contributed by atoms with Crippen molar-refractivity contribution in [1.82, 2.24) is 0 Å². The van der Waals surface area contributed by atoms with Crippen LogP contribution < -0.4 is 11.5 Å². The van der Waals surface area contributed by atoms with Gasteiger partial charge in [-0.3, -0.25) is 4.79 Å². The highest BCUT2D eigenvalue weighted by Gasteiger charge is 2.41. The van der Waals surface area contributed by atoms with Crippen LogP contribution in [0.5, 0.6) is 0 Å². The summed E-state index contributed by atoms with van der Waals surface area (Å²) in [6, 6.07) is 7.91. The highest BCUT2D eigenvalue weighted by atomic mass is 19.4. The van der Waals surface area contributed by atoms with Crippen molar-refractivity contribution in [3.63, 3.8) is 0 Å². The molecule has 2 unspecified atom stereocenters. The Morgan fingerprint density at radius 3 is 2.26 bits per heavy atom. The molecule has 0 aliphatic rings. The zero-order chi connectivity index (χ0) is 14.7. The fourth-order valence-corrected chi connectivity index (χ4v) is 1.38. The number of ether oxygens (including phenoxy) is 1. The number of hydrogen-bond donors (Lipinski definition) is 2. The molecule has 4 N–H and O–H groups in total. The maximum absolute atomic E-state index is 12.3. The molecule has 1 aromatic carbocycles. The van der Waals surface area contributed by atoms with Crippen molar-refractivity contribution >= 4 is 5.91 Å². The second kappa shape index (κ2) is 5.58. The number of rotatable bonds is 5. The molecule has 0 saturated heterocycles. The van der Waals surface area contributed by atoms with E-state index in [1.165, 1.54) is 12.1 Å². The summed E-state index contributed by atoms with van der Waals surface area (Å²) in [7, 11) is 0. The van der Waals surface area contributed by atoms with Gasteiger partial charge in [0.05, 0.1) is 6.61 Å². The number of amides is 1. The van der Waals surface area contributed by atoms with Crippen LogP contribution in [0.2, 0.25) is 0 Å². The van der Waals surface area contributed by atoms with Crippen LogP contribution in [-0.4, -0.2) is 24.8 Å². The number of alkyl halides is 3. The van der Waals surface area contributed by atoms with Gasteiger partial charge < -0.3 is 16.2 Å². The molecule has 0 aliphatic carbocycles. The van der Waals surface area contributed by atoms with Gasteiger partial charge in [0.2, 0.25) is 5.91 Å². The fourth-order valence-electron chi connectivity index (χ4n) is 1.38. The lowest BCUT2D eigenvalue weighted by atomic mass is 9.91. The first-order valence-electron chi connectivity index (χ1n) is 5.50. The maximum Gasteiger partial charge on any atom is 0.414 e. The predicted octanol–water partition coefficient (Wildman–Crippen LogP) is 1.29. The van der Waals surface area contributed by atoms with E-state index in [1.807, 2.05) is 0 Å². The van der Waals surface area contributed by atoms with E-state index in [-0.39, 0.29) is 0 Å². The van der Waals surface area contributed by atoms with Gasteiger partial charge in [0.15, 0.2) is 6.10 Å². The quantitative estimate of drug-likeness (QED) is 0.850. The van der Waals surface area contributed by atoms with E-state index in [4.69, 9.17) is 11.5 Å². The first kappa shape index (κ1) is 15.5. The molecule has 0 aliphatic heterocycles. The van der Waals surface area contributed by atoms with Gasteiger partial charge in [-0.05, 0) is 12.5 Å². The molecule has 1 rings (SSSR count). The molecule has 7 heteroatoms. The van der Waals surface area contributed by atoms with E-state index in [0.29, 0.717) is 5.56 Å². The lowest BCUT2D eigenvalue weighted by molar-refractivity contribution is -0.218. The normalized spacial score (nSPS) is 16.7. The van der Waals surface area contributed by atoms with Crippen molar-refractivity contribution < 1.29 is 22.7 Å². The van der Waals surface area contributed by atoms with E-state index >= 15 is 0 Å². The van der Waals surface area contributed by atoms with Crippen LogP contribution >= 0.6 is 0 Å². The summed E-state index contributed by atoms with van der Waals surface area (Å²) < 4.78 is 41.7. The molecule has 106 valence electrons. The van der Waals surface area contributed by atoms with E-state index in [1.54, 1.807) is 18.2 Å². The molecule has 0 bridgehead atoms. The monoisotopic (exact) mass is 276 g/mol. The van der Waals surface area contributed by atoms with Gasteiger partial charge in [0.25, 0.3) is 0 Å². The number of nitrogens with two attached hydrogens (primary N) is 2. The van der Waals surface area contributed by atoms with Gasteiger partial charge >= 0.3 is 6.18 Å². The summed E-state index contributed by atoms with van der Waals surface area (Å²) >= 11 is 0. The molecule has 0 saturated carbocycles. The third-order valence-corrected chi connectivity index (χ3v) is 2.75. The van der Waals surface area contributed by atoms with Crippen molar-refractivity contribution in [3.05, 3.63) is 35.9 Å². The van der Waals surface area contributed by atoms with Crippen LogP contribution in [0.25, 0.3) is 0 Å². The standard InChI is InChI=1S/C12H15F3N2O2/c1-8(12(13,14)15)19-7-11(17,10(16)18)9-5-3-2-4-6-9/h2-6,8H,7,17H2,1H3,(H2,16,18). The maximum atomic E-state index is 12.3. The smallest absolute Gasteiger partial charge is 0.368 e. The number of hydrogen-bond acceptors (Lipinski definition) is 3. The van der Waals surface area contributed by atoms with E-state index in [9.17, 15) is 18.0 Å². The van der Waals surface area contributed by atoms with Crippen molar-refractivity contribution in [3.8, 4) is 0 Å². The molecule has 0 aromatic heterocycles. The fraction of sp³-hybridized carbons (Fsp3) is 0.417. The van der Waals surface area contributed by atoms with Crippen molar-refractivity contribution in [2.45, 2.75) is 24.7 Å². The predicted molar refractivity (Wildman–Crippen MR) is 63.0 cm³/mol. The Morgan fingerprint density at radius 1 is 1.32 bits per heavy atom. The van der Waals surface area contributed by atoms with Crippen LogP contribution in [0.3, 0.4) is 0 Å². The van der Waals surface area contributed by atoms with Crippen LogP contribution in [0.4, 0.5) is 13.2 Å². The minimum Gasteiger partial charge on any atom is -0.368 e. The van der Waals surface area contributed by atoms with Crippen LogP contribution in [-0.2, 0) is 15.1 Å². The summed E-state index contributed by atoms with van der Waals surface area (Å²) in [4.78, 5) is 11.4. The highest BCUT2D eigenvalue weighted by molar-refractivity contribution is 5.86.